The van der Waals surface area contributed by atoms with E-state index in [2.05, 4.69) is 0 Å². The number of carboxylic acids is 1. The largest absolute Gasteiger partial charge is 0.477 e. The molecular formula is C6H10O4. The highest BCUT2D eigenvalue weighted by Gasteiger charge is 2.36. The quantitative estimate of drug-likeness (QED) is 0.575. The van der Waals surface area contributed by atoms with Gasteiger partial charge in [0.2, 0.25) is 0 Å². The lowest BCUT2D eigenvalue weighted by Gasteiger charge is -2.13. The Labute approximate surface area is 58.7 Å². The van der Waals surface area contributed by atoms with Crippen molar-refractivity contribution >= 4 is 5.97 Å². The molecule has 0 amide bonds. The van der Waals surface area contributed by atoms with E-state index in [9.17, 15) is 4.79 Å². The SMILES string of the molecule is CC1(C)COC(C(=O)O)O1. The smallest absolute Gasteiger partial charge is 0.361 e. The molecule has 1 N–H and O–H groups in total. The van der Waals surface area contributed by atoms with Crippen LogP contribution in [-0.2, 0) is 14.3 Å². The highest BCUT2D eigenvalue weighted by atomic mass is 16.7. The number of hydrogen-bond acceptors (Lipinski definition) is 3. The van der Waals surface area contributed by atoms with Gasteiger partial charge >= 0.3 is 5.97 Å². The molecule has 0 bridgehead atoms. The molecule has 1 rings (SSSR count). The van der Waals surface area contributed by atoms with Gasteiger partial charge < -0.3 is 14.6 Å². The number of aliphatic carboxylic acids is 1. The number of hydrogen-bond donors (Lipinski definition) is 1. The van der Waals surface area contributed by atoms with Crippen LogP contribution in [0.25, 0.3) is 0 Å². The predicted octanol–water partition coefficient (Wildman–Crippen LogP) is 0.222. The molecule has 0 aromatic heterocycles. The fourth-order valence-electron chi connectivity index (χ4n) is 0.756. The maximum Gasteiger partial charge on any atom is 0.361 e. The lowest BCUT2D eigenvalue weighted by atomic mass is 10.2. The molecule has 58 valence electrons. The molecule has 0 aromatic carbocycles. The summed E-state index contributed by atoms with van der Waals surface area (Å²) in [5.74, 6) is -1.06. The first kappa shape index (κ1) is 7.50. The minimum atomic E-state index is -1.07. The molecule has 1 atom stereocenters. The van der Waals surface area contributed by atoms with E-state index in [0.717, 1.165) is 0 Å². The zero-order chi connectivity index (χ0) is 7.78. The lowest BCUT2D eigenvalue weighted by Crippen LogP contribution is -2.26. The van der Waals surface area contributed by atoms with Gasteiger partial charge in [0.25, 0.3) is 6.29 Å². The van der Waals surface area contributed by atoms with Crippen molar-refractivity contribution in [2.45, 2.75) is 25.7 Å². The molecule has 4 heteroatoms. The highest BCUT2D eigenvalue weighted by Crippen LogP contribution is 2.21. The summed E-state index contributed by atoms with van der Waals surface area (Å²) in [6.07, 6.45) is -1.07. The fraction of sp³-hybridized carbons (Fsp3) is 0.833. The van der Waals surface area contributed by atoms with Crippen molar-refractivity contribution < 1.29 is 19.4 Å². The van der Waals surface area contributed by atoms with Crippen molar-refractivity contribution in [3.8, 4) is 0 Å². The van der Waals surface area contributed by atoms with Crippen LogP contribution < -0.4 is 0 Å². The second-order valence-electron chi connectivity index (χ2n) is 2.86. The van der Waals surface area contributed by atoms with E-state index < -0.39 is 17.9 Å². The van der Waals surface area contributed by atoms with E-state index in [1.54, 1.807) is 13.8 Å². The van der Waals surface area contributed by atoms with Gasteiger partial charge in [-0.05, 0) is 13.8 Å². The van der Waals surface area contributed by atoms with E-state index in [0.29, 0.717) is 6.61 Å². The Balaban J connectivity index is 2.51. The summed E-state index contributed by atoms with van der Waals surface area (Å²) in [7, 11) is 0. The summed E-state index contributed by atoms with van der Waals surface area (Å²) in [6, 6.07) is 0. The maximum atomic E-state index is 10.2. The Morgan fingerprint density at radius 1 is 1.70 bits per heavy atom. The van der Waals surface area contributed by atoms with Gasteiger partial charge in [-0.25, -0.2) is 4.79 Å². The van der Waals surface area contributed by atoms with Crippen LogP contribution in [0.15, 0.2) is 0 Å². The first-order valence-electron chi connectivity index (χ1n) is 3.03. The normalized spacial score (nSPS) is 30.4. The molecule has 0 radical (unpaired) electrons. The van der Waals surface area contributed by atoms with Crippen LogP contribution in [0.1, 0.15) is 13.8 Å². The molecule has 10 heavy (non-hydrogen) atoms. The highest BCUT2D eigenvalue weighted by molar-refractivity contribution is 5.71. The topological polar surface area (TPSA) is 55.8 Å². The zero-order valence-corrected chi connectivity index (χ0v) is 5.96. The molecule has 1 unspecified atom stereocenters. The van der Waals surface area contributed by atoms with Gasteiger partial charge in [-0.3, -0.25) is 0 Å². The summed E-state index contributed by atoms with van der Waals surface area (Å²) >= 11 is 0. The van der Waals surface area contributed by atoms with Gasteiger partial charge in [0.05, 0.1) is 12.2 Å². The van der Waals surface area contributed by atoms with Gasteiger partial charge in [-0.15, -0.1) is 0 Å². The second kappa shape index (κ2) is 2.21. The van der Waals surface area contributed by atoms with Crippen LogP contribution in [0, 0.1) is 0 Å². The van der Waals surface area contributed by atoms with Crippen molar-refractivity contribution in [1.29, 1.82) is 0 Å². The Kier molecular flexibility index (Phi) is 1.66. The van der Waals surface area contributed by atoms with E-state index >= 15 is 0 Å². The molecule has 1 aliphatic heterocycles. The van der Waals surface area contributed by atoms with E-state index in [1.807, 2.05) is 0 Å². The lowest BCUT2D eigenvalue weighted by molar-refractivity contribution is -0.170. The van der Waals surface area contributed by atoms with Crippen molar-refractivity contribution in [1.82, 2.24) is 0 Å². The summed E-state index contributed by atoms with van der Waals surface area (Å²) in [6.45, 7) is 3.91. The monoisotopic (exact) mass is 146 g/mol. The number of rotatable bonds is 1. The minimum absolute atomic E-state index is 0.337. The maximum absolute atomic E-state index is 10.2. The fourth-order valence-corrected chi connectivity index (χ4v) is 0.756. The summed E-state index contributed by atoms with van der Waals surface area (Å²) < 4.78 is 9.80. The molecule has 1 fully saturated rings. The third kappa shape index (κ3) is 1.46. The van der Waals surface area contributed by atoms with Crippen LogP contribution >= 0.6 is 0 Å². The summed E-state index contributed by atoms with van der Waals surface area (Å²) in [5.41, 5.74) is -0.455. The minimum Gasteiger partial charge on any atom is -0.477 e. The first-order valence-corrected chi connectivity index (χ1v) is 3.03. The Morgan fingerprint density at radius 3 is 2.50 bits per heavy atom. The molecular weight excluding hydrogens is 136 g/mol. The van der Waals surface area contributed by atoms with E-state index in [1.165, 1.54) is 0 Å². The van der Waals surface area contributed by atoms with Gasteiger partial charge in [0.15, 0.2) is 0 Å². The molecule has 0 aromatic rings. The number of carbonyl (C=O) groups is 1. The third-order valence-electron chi connectivity index (χ3n) is 1.21. The molecule has 1 aliphatic rings. The van der Waals surface area contributed by atoms with E-state index in [4.69, 9.17) is 14.6 Å². The van der Waals surface area contributed by atoms with Crippen molar-refractivity contribution in [3.63, 3.8) is 0 Å². The standard InChI is InChI=1S/C6H10O4/c1-6(2)3-9-5(10-6)4(7)8/h5H,3H2,1-2H3,(H,7,8). The van der Waals surface area contributed by atoms with Crippen molar-refractivity contribution in [3.05, 3.63) is 0 Å². The van der Waals surface area contributed by atoms with Crippen LogP contribution in [0.5, 0.6) is 0 Å². The Morgan fingerprint density at radius 2 is 2.30 bits per heavy atom. The summed E-state index contributed by atoms with van der Waals surface area (Å²) in [4.78, 5) is 10.2. The zero-order valence-electron chi connectivity index (χ0n) is 5.96. The second-order valence-corrected chi connectivity index (χ2v) is 2.86. The molecule has 1 saturated heterocycles. The van der Waals surface area contributed by atoms with Crippen LogP contribution in [-0.4, -0.2) is 29.6 Å². The molecule has 0 saturated carbocycles. The summed E-state index contributed by atoms with van der Waals surface area (Å²) in [5, 5.41) is 8.40. The molecule has 0 spiro atoms. The predicted molar refractivity (Wildman–Crippen MR) is 32.5 cm³/mol. The van der Waals surface area contributed by atoms with Gasteiger partial charge in [-0.1, -0.05) is 0 Å². The molecule has 1 heterocycles. The van der Waals surface area contributed by atoms with Gasteiger partial charge in [0.1, 0.15) is 0 Å². The van der Waals surface area contributed by atoms with Gasteiger partial charge in [-0.2, -0.15) is 0 Å². The Hall–Kier alpha value is -0.610. The first-order chi connectivity index (χ1) is 4.51. The number of carboxylic acid groups (broad SMARTS) is 1. The molecule has 4 nitrogen and oxygen atoms in total. The van der Waals surface area contributed by atoms with E-state index in [-0.39, 0.29) is 0 Å². The average molecular weight is 146 g/mol. The van der Waals surface area contributed by atoms with Crippen molar-refractivity contribution in [2.24, 2.45) is 0 Å². The van der Waals surface area contributed by atoms with Crippen LogP contribution in [0.4, 0.5) is 0 Å². The Bertz CT molecular complexity index is 152. The third-order valence-corrected chi connectivity index (χ3v) is 1.21. The number of ether oxygens (including phenoxy) is 2. The van der Waals surface area contributed by atoms with Gasteiger partial charge in [0, 0.05) is 0 Å². The van der Waals surface area contributed by atoms with Crippen LogP contribution in [0.3, 0.4) is 0 Å². The average Bonchev–Trinajstić information content (AvgIpc) is 2.10. The van der Waals surface area contributed by atoms with Crippen LogP contribution in [0.2, 0.25) is 0 Å². The van der Waals surface area contributed by atoms with Crippen molar-refractivity contribution in [2.75, 3.05) is 6.61 Å². The molecule has 0 aliphatic carbocycles.